The van der Waals surface area contributed by atoms with Crippen LogP contribution in [0.5, 0.6) is 0 Å². The summed E-state index contributed by atoms with van der Waals surface area (Å²) in [6.45, 7) is 1.43. The molecule has 0 aromatic carbocycles. The number of aromatic nitrogens is 1. The first-order valence-corrected chi connectivity index (χ1v) is 9.24. The highest BCUT2D eigenvalue weighted by Crippen LogP contribution is 2.35. The molecule has 24 heavy (non-hydrogen) atoms. The van der Waals surface area contributed by atoms with Gasteiger partial charge in [0.25, 0.3) is 0 Å². The Morgan fingerprint density at radius 1 is 1.08 bits per heavy atom. The van der Waals surface area contributed by atoms with Gasteiger partial charge in [-0.15, -0.1) is 0 Å². The number of likely N-dealkylation sites (tertiary alicyclic amines) is 2. The van der Waals surface area contributed by atoms with E-state index in [2.05, 4.69) is 4.98 Å². The minimum atomic E-state index is -0.152. The van der Waals surface area contributed by atoms with Crippen molar-refractivity contribution in [3.05, 3.63) is 30.1 Å². The van der Waals surface area contributed by atoms with Gasteiger partial charge in [-0.05, 0) is 43.4 Å². The molecule has 2 amide bonds. The molecule has 128 valence electrons. The largest absolute Gasteiger partial charge is 0.339 e. The van der Waals surface area contributed by atoms with Crippen molar-refractivity contribution < 1.29 is 9.59 Å². The van der Waals surface area contributed by atoms with Crippen molar-refractivity contribution in [1.29, 1.82) is 0 Å². The third-order valence-electron chi connectivity index (χ3n) is 5.90. The number of pyridine rings is 1. The fraction of sp³-hybridized carbons (Fsp3) is 0.632. The summed E-state index contributed by atoms with van der Waals surface area (Å²) >= 11 is 0. The lowest BCUT2D eigenvalue weighted by atomic mass is 10.0. The van der Waals surface area contributed by atoms with Crippen LogP contribution in [0.2, 0.25) is 0 Å². The molecule has 0 radical (unpaired) electrons. The van der Waals surface area contributed by atoms with E-state index in [-0.39, 0.29) is 23.8 Å². The van der Waals surface area contributed by atoms with Crippen LogP contribution < -0.4 is 0 Å². The molecule has 2 atom stereocenters. The molecule has 0 spiro atoms. The first-order valence-electron chi connectivity index (χ1n) is 9.24. The number of carbonyl (C=O) groups excluding carboxylic acids is 2. The van der Waals surface area contributed by atoms with Crippen LogP contribution in [0.25, 0.3) is 0 Å². The third-order valence-corrected chi connectivity index (χ3v) is 5.90. The van der Waals surface area contributed by atoms with Crippen LogP contribution in [0.15, 0.2) is 24.5 Å². The van der Waals surface area contributed by atoms with Gasteiger partial charge in [-0.25, -0.2) is 0 Å². The van der Waals surface area contributed by atoms with Crippen molar-refractivity contribution in [1.82, 2.24) is 14.8 Å². The first-order chi connectivity index (χ1) is 11.7. The van der Waals surface area contributed by atoms with Crippen LogP contribution in [0.1, 0.15) is 56.6 Å². The average Bonchev–Trinajstić information content (AvgIpc) is 3.35. The van der Waals surface area contributed by atoms with E-state index in [1.165, 1.54) is 12.8 Å². The summed E-state index contributed by atoms with van der Waals surface area (Å²) in [6.07, 6.45) is 10.6. The van der Waals surface area contributed by atoms with Gasteiger partial charge in [0.1, 0.15) is 0 Å². The molecule has 3 aliphatic rings. The Morgan fingerprint density at radius 3 is 2.58 bits per heavy atom. The summed E-state index contributed by atoms with van der Waals surface area (Å²) < 4.78 is 0. The molecule has 2 saturated heterocycles. The molecule has 3 heterocycles. The van der Waals surface area contributed by atoms with E-state index in [0.717, 1.165) is 37.8 Å². The Bertz CT molecular complexity index is 612. The highest BCUT2D eigenvalue weighted by Gasteiger charge is 2.42. The Labute approximate surface area is 143 Å². The summed E-state index contributed by atoms with van der Waals surface area (Å²) in [5.74, 6) is 0.198. The molecule has 0 bridgehead atoms. The maximum Gasteiger partial charge on any atom is 0.228 e. The maximum absolute atomic E-state index is 13.1. The molecule has 3 fully saturated rings. The summed E-state index contributed by atoms with van der Waals surface area (Å²) in [5.41, 5.74) is 1.16. The van der Waals surface area contributed by atoms with E-state index in [1.807, 2.05) is 21.9 Å². The minimum Gasteiger partial charge on any atom is -0.339 e. The highest BCUT2D eigenvalue weighted by molar-refractivity contribution is 5.89. The number of amides is 2. The summed E-state index contributed by atoms with van der Waals surface area (Å²) in [7, 11) is 0. The lowest BCUT2D eigenvalue weighted by molar-refractivity contribution is -0.136. The predicted molar refractivity (Wildman–Crippen MR) is 90.0 cm³/mol. The number of rotatable bonds is 3. The molecular weight excluding hydrogens is 302 g/mol. The van der Waals surface area contributed by atoms with Crippen LogP contribution in [0, 0.1) is 5.92 Å². The normalized spacial score (nSPS) is 28.1. The summed E-state index contributed by atoms with van der Waals surface area (Å²) in [4.78, 5) is 33.5. The van der Waals surface area contributed by atoms with Gasteiger partial charge >= 0.3 is 0 Å². The SMILES string of the molecule is O=C1C[C@H](C(=O)N2CCC[C@@H]2c2ccncc2)CN1C1CCCC1. The predicted octanol–water partition coefficient (Wildman–Crippen LogP) is 2.54. The average molecular weight is 327 g/mol. The van der Waals surface area contributed by atoms with Gasteiger partial charge in [0.05, 0.1) is 12.0 Å². The molecule has 1 aromatic rings. The van der Waals surface area contributed by atoms with Gasteiger partial charge < -0.3 is 9.80 Å². The van der Waals surface area contributed by atoms with Crippen molar-refractivity contribution in [2.45, 2.75) is 57.0 Å². The van der Waals surface area contributed by atoms with Crippen molar-refractivity contribution in [3.63, 3.8) is 0 Å². The molecule has 1 aromatic heterocycles. The number of hydrogen-bond acceptors (Lipinski definition) is 3. The molecule has 5 heteroatoms. The van der Waals surface area contributed by atoms with Gasteiger partial charge in [0, 0.05) is 37.9 Å². The smallest absolute Gasteiger partial charge is 0.228 e. The van der Waals surface area contributed by atoms with E-state index in [0.29, 0.717) is 19.0 Å². The van der Waals surface area contributed by atoms with Gasteiger partial charge in [0.15, 0.2) is 0 Å². The molecule has 0 unspecified atom stereocenters. The zero-order valence-corrected chi connectivity index (χ0v) is 14.1. The Balaban J connectivity index is 1.46. The topological polar surface area (TPSA) is 53.5 Å². The highest BCUT2D eigenvalue weighted by atomic mass is 16.2. The Hall–Kier alpha value is -1.91. The lowest BCUT2D eigenvalue weighted by Gasteiger charge is -2.28. The standard InChI is InChI=1S/C19H25N3O2/c23-18-12-15(13-22(18)16-4-1-2-5-16)19(24)21-11-3-6-17(21)14-7-9-20-10-8-14/h7-10,15-17H,1-6,11-13H2/t15-,17+/m0/s1. The fourth-order valence-corrected chi connectivity index (χ4v) is 4.66. The second-order valence-electron chi connectivity index (χ2n) is 7.36. The zero-order valence-electron chi connectivity index (χ0n) is 14.1. The first kappa shape index (κ1) is 15.6. The van der Waals surface area contributed by atoms with Crippen LogP contribution in [0.3, 0.4) is 0 Å². The van der Waals surface area contributed by atoms with E-state index < -0.39 is 0 Å². The van der Waals surface area contributed by atoms with E-state index in [9.17, 15) is 9.59 Å². The molecule has 4 rings (SSSR count). The zero-order chi connectivity index (χ0) is 16.5. The van der Waals surface area contributed by atoms with E-state index in [1.54, 1.807) is 12.4 Å². The quantitative estimate of drug-likeness (QED) is 0.857. The van der Waals surface area contributed by atoms with Crippen LogP contribution >= 0.6 is 0 Å². The molecule has 5 nitrogen and oxygen atoms in total. The summed E-state index contributed by atoms with van der Waals surface area (Å²) in [5, 5.41) is 0. The van der Waals surface area contributed by atoms with Crippen molar-refractivity contribution in [3.8, 4) is 0 Å². The molecule has 0 N–H and O–H groups in total. The number of hydrogen-bond donors (Lipinski definition) is 0. The molecule has 2 aliphatic heterocycles. The van der Waals surface area contributed by atoms with Crippen LogP contribution in [-0.2, 0) is 9.59 Å². The van der Waals surface area contributed by atoms with Crippen molar-refractivity contribution in [2.24, 2.45) is 5.92 Å². The van der Waals surface area contributed by atoms with Gasteiger partial charge in [0.2, 0.25) is 11.8 Å². The lowest BCUT2D eigenvalue weighted by Crippen LogP contribution is -2.38. The Morgan fingerprint density at radius 2 is 1.83 bits per heavy atom. The van der Waals surface area contributed by atoms with Crippen LogP contribution in [-0.4, -0.2) is 45.7 Å². The van der Waals surface area contributed by atoms with Gasteiger partial charge in [-0.3, -0.25) is 14.6 Å². The molecular formula is C19H25N3O2. The van der Waals surface area contributed by atoms with E-state index in [4.69, 9.17) is 0 Å². The van der Waals surface area contributed by atoms with Gasteiger partial charge in [-0.2, -0.15) is 0 Å². The molecule has 1 aliphatic carbocycles. The molecule has 1 saturated carbocycles. The maximum atomic E-state index is 13.1. The van der Waals surface area contributed by atoms with Crippen LogP contribution in [0.4, 0.5) is 0 Å². The van der Waals surface area contributed by atoms with Crippen molar-refractivity contribution in [2.75, 3.05) is 13.1 Å². The van der Waals surface area contributed by atoms with Crippen molar-refractivity contribution >= 4 is 11.8 Å². The number of carbonyl (C=O) groups is 2. The third kappa shape index (κ3) is 2.80. The Kier molecular flexibility index (Phi) is 4.25. The minimum absolute atomic E-state index is 0.149. The monoisotopic (exact) mass is 327 g/mol. The van der Waals surface area contributed by atoms with Gasteiger partial charge in [-0.1, -0.05) is 12.8 Å². The summed E-state index contributed by atoms with van der Waals surface area (Å²) in [6, 6.07) is 4.53. The number of nitrogens with zero attached hydrogens (tertiary/aromatic N) is 3. The second-order valence-corrected chi connectivity index (χ2v) is 7.36. The second kappa shape index (κ2) is 6.54. The fourth-order valence-electron chi connectivity index (χ4n) is 4.66. The van der Waals surface area contributed by atoms with E-state index >= 15 is 0 Å².